The average Bonchev–Trinajstić information content (AvgIpc) is 2.59. The van der Waals surface area contributed by atoms with E-state index in [0.29, 0.717) is 24.3 Å². The van der Waals surface area contributed by atoms with Crippen molar-refractivity contribution in [2.45, 2.75) is 19.4 Å². The van der Waals surface area contributed by atoms with Crippen molar-refractivity contribution in [2.24, 2.45) is 0 Å². The second kappa shape index (κ2) is 6.88. The Morgan fingerprint density at radius 2 is 2.12 bits per heavy atom. The van der Waals surface area contributed by atoms with E-state index in [2.05, 4.69) is 10.3 Å². The van der Waals surface area contributed by atoms with Crippen LogP contribution in [0.2, 0.25) is 0 Å². The van der Waals surface area contributed by atoms with Crippen molar-refractivity contribution in [1.82, 2.24) is 9.88 Å². The third-order valence-corrected chi connectivity index (χ3v) is 4.13. The number of pyridine rings is 1. The van der Waals surface area contributed by atoms with Gasteiger partial charge in [0.05, 0.1) is 7.11 Å². The van der Waals surface area contributed by atoms with Gasteiger partial charge in [0, 0.05) is 12.2 Å². The number of methoxy groups -OCH3 is 1. The lowest BCUT2D eigenvalue weighted by Gasteiger charge is -2.35. The Balaban J connectivity index is 1.97. The smallest absolute Gasteiger partial charge is 0.410 e. The molecule has 2 aromatic rings. The molecule has 130 valence electrons. The predicted molar refractivity (Wildman–Crippen MR) is 89.6 cm³/mol. The maximum Gasteiger partial charge on any atom is 0.410 e. The summed E-state index contributed by atoms with van der Waals surface area (Å²) in [6, 6.07) is 8.54. The van der Waals surface area contributed by atoms with Crippen LogP contribution in [0.4, 0.5) is 15.0 Å². The summed E-state index contributed by atoms with van der Waals surface area (Å²) < 4.78 is 18.5. The highest BCUT2D eigenvalue weighted by Gasteiger charge is 2.37. The number of aryl methyl sites for hydroxylation is 1. The molecule has 2 amide bonds. The molecule has 0 spiro atoms. The molecule has 0 saturated heterocycles. The quantitative estimate of drug-likeness (QED) is 0.910. The summed E-state index contributed by atoms with van der Waals surface area (Å²) in [6.45, 7) is 2.12. The van der Waals surface area contributed by atoms with Crippen molar-refractivity contribution in [3.05, 3.63) is 59.0 Å². The van der Waals surface area contributed by atoms with Crippen molar-refractivity contribution in [1.29, 1.82) is 0 Å². The van der Waals surface area contributed by atoms with E-state index in [-0.39, 0.29) is 0 Å². The highest BCUT2D eigenvalue weighted by Crippen LogP contribution is 2.32. The summed E-state index contributed by atoms with van der Waals surface area (Å²) in [6.07, 6.45) is -0.107. The number of carbonyl (C=O) groups is 2. The van der Waals surface area contributed by atoms with Crippen molar-refractivity contribution >= 4 is 17.8 Å². The molecule has 0 unspecified atom stereocenters. The number of hydrogen-bond donors (Lipinski definition) is 1. The topological polar surface area (TPSA) is 71.5 Å². The summed E-state index contributed by atoms with van der Waals surface area (Å²) >= 11 is 0. The highest BCUT2D eigenvalue weighted by atomic mass is 19.1. The molecule has 0 aliphatic carbocycles. The van der Waals surface area contributed by atoms with Gasteiger partial charge in [-0.1, -0.05) is 12.1 Å². The molecule has 6 nitrogen and oxygen atoms in total. The Hall–Kier alpha value is -2.96. The summed E-state index contributed by atoms with van der Waals surface area (Å²) in [7, 11) is 1.25. The molecule has 2 heterocycles. The minimum atomic E-state index is -0.978. The first-order valence-electron chi connectivity index (χ1n) is 7.87. The van der Waals surface area contributed by atoms with Gasteiger partial charge in [0.15, 0.2) is 0 Å². The largest absolute Gasteiger partial charge is 0.453 e. The molecule has 25 heavy (non-hydrogen) atoms. The molecule has 7 heteroatoms. The van der Waals surface area contributed by atoms with Crippen LogP contribution >= 0.6 is 0 Å². The molecule has 1 aromatic heterocycles. The van der Waals surface area contributed by atoms with Gasteiger partial charge in [-0.3, -0.25) is 9.69 Å². The summed E-state index contributed by atoms with van der Waals surface area (Å²) in [5.74, 6) is -0.551. The maximum atomic E-state index is 13.7. The minimum Gasteiger partial charge on any atom is -0.453 e. The van der Waals surface area contributed by atoms with Crippen molar-refractivity contribution < 1.29 is 18.7 Å². The molecule has 1 atom stereocenters. The number of hydrogen-bond acceptors (Lipinski definition) is 4. The zero-order chi connectivity index (χ0) is 18.0. The number of fused-ring (bicyclic) bond motifs is 1. The van der Waals surface area contributed by atoms with Crippen LogP contribution in [0.5, 0.6) is 0 Å². The molecular weight excluding hydrogens is 325 g/mol. The summed E-state index contributed by atoms with van der Waals surface area (Å²) in [4.78, 5) is 30.5. The highest BCUT2D eigenvalue weighted by molar-refractivity contribution is 5.97. The first kappa shape index (κ1) is 16.9. The molecule has 1 aromatic carbocycles. The molecule has 0 bridgehead atoms. The lowest BCUT2D eigenvalue weighted by molar-refractivity contribution is -0.121. The van der Waals surface area contributed by atoms with E-state index in [9.17, 15) is 14.0 Å². The summed E-state index contributed by atoms with van der Waals surface area (Å²) in [5, 5.41) is 2.70. The van der Waals surface area contributed by atoms with Crippen LogP contribution in [0.3, 0.4) is 0 Å². The van der Waals surface area contributed by atoms with Crippen LogP contribution in [-0.4, -0.2) is 35.5 Å². The Morgan fingerprint density at radius 3 is 2.84 bits per heavy atom. The minimum absolute atomic E-state index is 0.310. The van der Waals surface area contributed by atoms with Gasteiger partial charge in [-0.2, -0.15) is 0 Å². The van der Waals surface area contributed by atoms with Crippen molar-refractivity contribution in [3.63, 3.8) is 0 Å². The first-order chi connectivity index (χ1) is 12.0. The number of rotatable bonds is 2. The maximum absolute atomic E-state index is 13.7. The van der Waals surface area contributed by atoms with E-state index in [4.69, 9.17) is 4.74 Å². The predicted octanol–water partition coefficient (Wildman–Crippen LogP) is 2.83. The number of aromatic nitrogens is 1. The van der Waals surface area contributed by atoms with Crippen LogP contribution in [0.25, 0.3) is 0 Å². The first-order valence-corrected chi connectivity index (χ1v) is 7.87. The van der Waals surface area contributed by atoms with Crippen molar-refractivity contribution in [2.75, 3.05) is 19.0 Å². The lowest BCUT2D eigenvalue weighted by atomic mass is 9.92. The van der Waals surface area contributed by atoms with E-state index < -0.39 is 23.9 Å². The van der Waals surface area contributed by atoms with Crippen LogP contribution in [0.1, 0.15) is 22.9 Å². The number of benzene rings is 1. The van der Waals surface area contributed by atoms with Gasteiger partial charge in [-0.05, 0) is 48.7 Å². The molecule has 3 rings (SSSR count). The van der Waals surface area contributed by atoms with Crippen LogP contribution in [0, 0.1) is 12.7 Å². The monoisotopic (exact) mass is 343 g/mol. The zero-order valence-electron chi connectivity index (χ0n) is 14.0. The number of halogens is 1. The van der Waals surface area contributed by atoms with E-state index in [1.807, 2.05) is 13.0 Å². The van der Waals surface area contributed by atoms with Gasteiger partial charge in [-0.25, -0.2) is 14.2 Å². The van der Waals surface area contributed by atoms with Crippen LogP contribution in [0.15, 0.2) is 36.4 Å². The fraction of sp³-hybridized carbons (Fsp3) is 0.278. The number of ether oxygens (including phenoxy) is 1. The molecule has 0 fully saturated rings. The second-order valence-corrected chi connectivity index (χ2v) is 5.81. The van der Waals surface area contributed by atoms with E-state index in [0.717, 1.165) is 11.3 Å². The van der Waals surface area contributed by atoms with Crippen LogP contribution in [-0.2, 0) is 16.0 Å². The van der Waals surface area contributed by atoms with Gasteiger partial charge in [-0.15, -0.1) is 0 Å². The average molecular weight is 343 g/mol. The Kier molecular flexibility index (Phi) is 4.65. The Morgan fingerprint density at radius 1 is 1.32 bits per heavy atom. The molecule has 1 N–H and O–H groups in total. The van der Waals surface area contributed by atoms with Crippen molar-refractivity contribution in [3.8, 4) is 0 Å². The zero-order valence-corrected chi connectivity index (χ0v) is 14.0. The molecule has 1 aliphatic rings. The van der Waals surface area contributed by atoms with Gasteiger partial charge in [0.2, 0.25) is 0 Å². The van der Waals surface area contributed by atoms with Gasteiger partial charge in [0.25, 0.3) is 5.91 Å². The lowest BCUT2D eigenvalue weighted by Crippen LogP contribution is -2.45. The third kappa shape index (κ3) is 3.45. The van der Waals surface area contributed by atoms with Gasteiger partial charge >= 0.3 is 6.09 Å². The normalized spacial score (nSPS) is 16.1. The van der Waals surface area contributed by atoms with E-state index in [1.54, 1.807) is 18.2 Å². The van der Waals surface area contributed by atoms with E-state index in [1.165, 1.54) is 24.1 Å². The molecule has 1 aliphatic heterocycles. The summed E-state index contributed by atoms with van der Waals surface area (Å²) in [5.41, 5.74) is 2.04. The third-order valence-electron chi connectivity index (χ3n) is 4.13. The van der Waals surface area contributed by atoms with Gasteiger partial charge < -0.3 is 10.1 Å². The SMILES string of the molecule is COC(=O)N1CCc2ccc(F)cc2[C@H]1C(=O)Nc1cccc(C)n1. The fourth-order valence-corrected chi connectivity index (χ4v) is 2.99. The molecular formula is C18H18FN3O3. The standard InChI is InChI=1S/C18H18FN3O3/c1-11-4-3-5-15(20-11)21-17(23)16-14-10-13(19)7-6-12(14)8-9-22(16)18(24)25-2/h3-7,10,16H,8-9H2,1-2H3,(H,20,21,23)/t16-/m0/s1. The van der Waals surface area contributed by atoms with E-state index >= 15 is 0 Å². The molecule has 0 saturated carbocycles. The number of amides is 2. The number of nitrogens with zero attached hydrogens (tertiary/aromatic N) is 2. The fourth-order valence-electron chi connectivity index (χ4n) is 2.99. The van der Waals surface area contributed by atoms with Gasteiger partial charge in [0.1, 0.15) is 17.7 Å². The second-order valence-electron chi connectivity index (χ2n) is 5.81. The Bertz CT molecular complexity index is 825. The number of nitrogens with one attached hydrogen (secondary N) is 1. The van der Waals surface area contributed by atoms with Crippen LogP contribution < -0.4 is 5.32 Å². The number of anilines is 1. The Labute approximate surface area is 144 Å². The molecule has 0 radical (unpaired) electrons. The number of carbonyl (C=O) groups excluding carboxylic acids is 2.